The van der Waals surface area contributed by atoms with Gasteiger partial charge in [0.25, 0.3) is 0 Å². The third-order valence-electron chi connectivity index (χ3n) is 3.69. The van der Waals surface area contributed by atoms with Crippen molar-refractivity contribution in [1.82, 2.24) is 20.6 Å². The fraction of sp³-hybridized carbons (Fsp3) is 0.0588. The molecular weight excluding hydrogens is 308 g/mol. The first-order chi connectivity index (χ1) is 11.7. The second-order valence-corrected chi connectivity index (χ2v) is 5.16. The topological polar surface area (TPSA) is 90.0 Å². The number of tetrazole rings is 1. The number of ketones is 1. The first-order valence-electron chi connectivity index (χ1n) is 7.21. The Morgan fingerprint density at radius 1 is 1.17 bits per heavy atom. The number of hydrogen-bond acceptors (Lipinski definition) is 6. The van der Waals surface area contributed by atoms with Gasteiger partial charge in [0.2, 0.25) is 11.6 Å². The number of hydrogen-bond donors (Lipinski definition) is 1. The molecule has 1 aromatic heterocycles. The van der Waals surface area contributed by atoms with Gasteiger partial charge in [-0.15, -0.1) is 10.2 Å². The van der Waals surface area contributed by atoms with Crippen molar-refractivity contribution < 1.29 is 14.3 Å². The van der Waals surface area contributed by atoms with Crippen molar-refractivity contribution in [1.29, 1.82) is 0 Å². The van der Waals surface area contributed by atoms with Crippen LogP contribution in [0, 0.1) is 0 Å². The number of carbonyl (C=O) groups is 1. The largest absolute Gasteiger partial charge is 0.497 e. The highest BCUT2D eigenvalue weighted by Gasteiger charge is 2.27. The molecule has 0 amide bonds. The molecule has 1 aliphatic heterocycles. The van der Waals surface area contributed by atoms with Gasteiger partial charge in [-0.25, -0.2) is 0 Å². The number of nitrogens with one attached hydrogen (secondary N) is 1. The standard InChI is InChI=1S/C17H12N4O3/c1-23-12-6-7-14-13(9-12)16(22)15(24-14)8-10-2-4-11(5-3-10)17-18-20-21-19-17/h2-9H,1H3,(H,18,19,20,21)/b15-8-. The zero-order chi connectivity index (χ0) is 16.5. The Bertz CT molecular complexity index is 931. The quantitative estimate of drug-likeness (QED) is 0.746. The number of aromatic amines is 1. The predicted octanol–water partition coefficient (Wildman–Crippen LogP) is 2.49. The van der Waals surface area contributed by atoms with Crippen LogP contribution >= 0.6 is 0 Å². The molecule has 118 valence electrons. The smallest absolute Gasteiger partial charge is 0.232 e. The summed E-state index contributed by atoms with van der Waals surface area (Å²) in [5, 5.41) is 13.8. The number of methoxy groups -OCH3 is 1. The highest BCUT2D eigenvalue weighted by atomic mass is 16.5. The normalized spacial score (nSPS) is 14.5. The maximum absolute atomic E-state index is 12.4. The van der Waals surface area contributed by atoms with Gasteiger partial charge in [0.15, 0.2) is 5.76 Å². The van der Waals surface area contributed by atoms with Crippen molar-refractivity contribution in [2.75, 3.05) is 7.11 Å². The minimum Gasteiger partial charge on any atom is -0.497 e. The Hall–Kier alpha value is -3.48. The van der Waals surface area contributed by atoms with E-state index in [9.17, 15) is 4.79 Å². The number of H-pyrrole nitrogens is 1. The molecule has 0 fully saturated rings. The van der Waals surface area contributed by atoms with Gasteiger partial charge in [0, 0.05) is 5.56 Å². The molecule has 0 unspecified atom stereocenters. The van der Waals surface area contributed by atoms with Gasteiger partial charge in [-0.1, -0.05) is 24.3 Å². The van der Waals surface area contributed by atoms with Crippen LogP contribution in [0.1, 0.15) is 15.9 Å². The molecule has 2 aromatic carbocycles. The molecule has 0 aliphatic carbocycles. The molecule has 0 saturated carbocycles. The lowest BCUT2D eigenvalue weighted by molar-refractivity contribution is 0.101. The van der Waals surface area contributed by atoms with Crippen LogP contribution in [-0.2, 0) is 0 Å². The second kappa shape index (κ2) is 5.62. The molecule has 0 bridgehead atoms. The number of benzene rings is 2. The van der Waals surface area contributed by atoms with Crippen LogP contribution in [-0.4, -0.2) is 33.5 Å². The Morgan fingerprint density at radius 3 is 2.71 bits per heavy atom. The molecular formula is C17H12N4O3. The van der Waals surface area contributed by atoms with E-state index in [-0.39, 0.29) is 11.5 Å². The number of Topliss-reactive ketones (excluding diaryl/α,β-unsaturated/α-hetero) is 1. The van der Waals surface area contributed by atoms with Crippen molar-refractivity contribution in [3.05, 3.63) is 59.4 Å². The third-order valence-corrected chi connectivity index (χ3v) is 3.69. The number of ether oxygens (including phenoxy) is 2. The number of allylic oxidation sites excluding steroid dienone is 1. The molecule has 7 heteroatoms. The summed E-state index contributed by atoms with van der Waals surface area (Å²) in [5.74, 6) is 1.80. The van der Waals surface area contributed by atoms with E-state index < -0.39 is 0 Å². The zero-order valence-corrected chi connectivity index (χ0v) is 12.7. The third kappa shape index (κ3) is 2.41. The SMILES string of the molecule is COc1ccc2c(c1)C(=O)/C(=C/c1ccc(-c3nn[nH]n3)cc1)O2. The molecule has 24 heavy (non-hydrogen) atoms. The first-order valence-corrected chi connectivity index (χ1v) is 7.21. The molecule has 4 rings (SSSR count). The number of fused-ring (bicyclic) bond motifs is 1. The van der Waals surface area contributed by atoms with Gasteiger partial charge in [-0.05, 0) is 35.1 Å². The van der Waals surface area contributed by atoms with Crippen molar-refractivity contribution >= 4 is 11.9 Å². The summed E-state index contributed by atoms with van der Waals surface area (Å²) in [5.41, 5.74) is 2.17. The van der Waals surface area contributed by atoms with Crippen molar-refractivity contribution in [3.8, 4) is 22.9 Å². The van der Waals surface area contributed by atoms with E-state index >= 15 is 0 Å². The van der Waals surface area contributed by atoms with Gasteiger partial charge in [0.05, 0.1) is 12.7 Å². The second-order valence-electron chi connectivity index (χ2n) is 5.16. The van der Waals surface area contributed by atoms with Crippen molar-refractivity contribution in [2.45, 2.75) is 0 Å². The fourth-order valence-electron chi connectivity index (χ4n) is 2.46. The summed E-state index contributed by atoms with van der Waals surface area (Å²) < 4.78 is 10.8. The van der Waals surface area contributed by atoms with Crippen LogP contribution in [0.2, 0.25) is 0 Å². The summed E-state index contributed by atoms with van der Waals surface area (Å²) in [4.78, 5) is 12.4. The van der Waals surface area contributed by atoms with Crippen LogP contribution in [0.5, 0.6) is 11.5 Å². The van der Waals surface area contributed by atoms with E-state index in [2.05, 4.69) is 20.6 Å². The Balaban J connectivity index is 1.61. The van der Waals surface area contributed by atoms with Crippen LogP contribution in [0.4, 0.5) is 0 Å². The van der Waals surface area contributed by atoms with E-state index in [4.69, 9.17) is 9.47 Å². The summed E-state index contributed by atoms with van der Waals surface area (Å²) in [6.45, 7) is 0. The number of nitrogens with zero attached hydrogens (tertiary/aromatic N) is 3. The lowest BCUT2D eigenvalue weighted by Gasteiger charge is -2.00. The predicted molar refractivity (Wildman–Crippen MR) is 85.5 cm³/mol. The number of rotatable bonds is 3. The average molecular weight is 320 g/mol. The number of aromatic nitrogens is 4. The van der Waals surface area contributed by atoms with E-state index in [1.165, 1.54) is 0 Å². The Morgan fingerprint density at radius 2 is 2.00 bits per heavy atom. The van der Waals surface area contributed by atoms with Gasteiger partial charge >= 0.3 is 0 Å². The molecule has 0 spiro atoms. The minimum atomic E-state index is -0.161. The van der Waals surface area contributed by atoms with Crippen LogP contribution < -0.4 is 9.47 Å². The first kappa shape index (κ1) is 14.1. The molecule has 1 N–H and O–H groups in total. The number of carbonyl (C=O) groups excluding carboxylic acids is 1. The van der Waals surface area contributed by atoms with Crippen LogP contribution in [0.25, 0.3) is 17.5 Å². The fourth-order valence-corrected chi connectivity index (χ4v) is 2.46. The zero-order valence-electron chi connectivity index (χ0n) is 12.7. The summed E-state index contributed by atoms with van der Waals surface area (Å²) in [6, 6.07) is 12.6. The van der Waals surface area contributed by atoms with Gasteiger partial charge < -0.3 is 9.47 Å². The Labute approximate surface area is 136 Å². The molecule has 1 aliphatic rings. The summed E-state index contributed by atoms with van der Waals surface area (Å²) in [6.07, 6.45) is 1.70. The van der Waals surface area contributed by atoms with Gasteiger partial charge in [-0.3, -0.25) is 4.79 Å². The van der Waals surface area contributed by atoms with E-state index in [0.29, 0.717) is 22.9 Å². The van der Waals surface area contributed by atoms with Crippen molar-refractivity contribution in [2.24, 2.45) is 0 Å². The molecule has 2 heterocycles. The Kier molecular flexibility index (Phi) is 3.31. The van der Waals surface area contributed by atoms with Crippen LogP contribution in [0.15, 0.2) is 48.2 Å². The summed E-state index contributed by atoms with van der Waals surface area (Å²) >= 11 is 0. The van der Waals surface area contributed by atoms with Gasteiger partial charge in [0.1, 0.15) is 11.5 Å². The van der Waals surface area contributed by atoms with E-state index in [1.54, 1.807) is 31.4 Å². The maximum atomic E-state index is 12.4. The monoisotopic (exact) mass is 320 g/mol. The van der Waals surface area contributed by atoms with E-state index in [1.807, 2.05) is 24.3 Å². The summed E-state index contributed by atoms with van der Waals surface area (Å²) in [7, 11) is 1.56. The molecule has 0 radical (unpaired) electrons. The van der Waals surface area contributed by atoms with Crippen LogP contribution in [0.3, 0.4) is 0 Å². The highest BCUT2D eigenvalue weighted by Crippen LogP contribution is 2.34. The molecule has 0 saturated heterocycles. The van der Waals surface area contributed by atoms with Gasteiger partial charge in [-0.2, -0.15) is 5.21 Å². The lowest BCUT2D eigenvalue weighted by Crippen LogP contribution is -1.98. The lowest BCUT2D eigenvalue weighted by atomic mass is 10.1. The van der Waals surface area contributed by atoms with Crippen molar-refractivity contribution in [3.63, 3.8) is 0 Å². The highest BCUT2D eigenvalue weighted by molar-refractivity contribution is 6.14. The van der Waals surface area contributed by atoms with E-state index in [0.717, 1.165) is 11.1 Å². The maximum Gasteiger partial charge on any atom is 0.232 e. The molecule has 7 nitrogen and oxygen atoms in total. The minimum absolute atomic E-state index is 0.161. The average Bonchev–Trinajstić information content (AvgIpc) is 3.25. The molecule has 3 aromatic rings. The molecule has 0 atom stereocenters.